The van der Waals surface area contributed by atoms with Gasteiger partial charge in [0.25, 0.3) is 0 Å². The molecule has 3 fully saturated rings. The predicted molar refractivity (Wildman–Crippen MR) is 292 cm³/mol. The zero-order valence-electron chi connectivity index (χ0n) is 46.1. The number of phenols is 1. The summed E-state index contributed by atoms with van der Waals surface area (Å²) in [5.41, 5.74) is 6.69. The van der Waals surface area contributed by atoms with E-state index in [1.807, 2.05) is 30.3 Å². The van der Waals surface area contributed by atoms with Gasteiger partial charge in [-0.05, 0) is 106 Å². The van der Waals surface area contributed by atoms with Crippen LogP contribution in [0.25, 0.3) is 0 Å². The highest BCUT2D eigenvalue weighted by atomic mass is 16.3. The molecule has 3 aliphatic rings. The van der Waals surface area contributed by atoms with Gasteiger partial charge in [-0.1, -0.05) is 115 Å². The van der Waals surface area contributed by atoms with Gasteiger partial charge in [0.15, 0.2) is 0 Å². The van der Waals surface area contributed by atoms with Crippen molar-refractivity contribution in [3.63, 3.8) is 0 Å². The van der Waals surface area contributed by atoms with Gasteiger partial charge >= 0.3 is 0 Å². The number of nitrogens with zero attached hydrogens (tertiary/aromatic N) is 2. The molecule has 0 spiro atoms. The number of Topliss-reactive ketones (excluding diaryl/α,β-unsaturated/α-hetero) is 1. The maximum Gasteiger partial charge on any atom is 0.245 e. The van der Waals surface area contributed by atoms with Gasteiger partial charge in [-0.25, -0.2) is 0 Å². The van der Waals surface area contributed by atoms with Crippen LogP contribution in [0.4, 0.5) is 0 Å². The number of carbonyl (C=O) groups excluding carboxylic acids is 8. The van der Waals surface area contributed by atoms with Crippen LogP contribution in [-0.2, 0) is 51.2 Å². The van der Waals surface area contributed by atoms with Crippen LogP contribution in [0.5, 0.6) is 5.75 Å². The van der Waals surface area contributed by atoms with E-state index in [0.29, 0.717) is 38.5 Å². The van der Waals surface area contributed by atoms with Crippen molar-refractivity contribution >= 4 is 47.1 Å². The first kappa shape index (κ1) is 64.4. The third-order valence-electron chi connectivity index (χ3n) is 14.7. The molecule has 0 aromatic heterocycles. The Labute approximate surface area is 451 Å². The SMILES string of the molecule is CCC(C)CC(C)CCCCCCCCC(N)=O.CC[C@@H]1NC(=O)CC[C@@H](O)CNC(=O)C2CCCN2C(=O)[C@H](CCC(=O)Cc2ccccc2)NC(=O)C(CCc2ccc(O)cc2)NC(=O)[C@@H]2CCCN2C1=O.CO. The quantitative estimate of drug-likeness (QED) is 0.0743. The number of carbonyl (C=O) groups is 8. The second-order valence-corrected chi connectivity index (χ2v) is 20.9. The van der Waals surface area contributed by atoms with Crippen molar-refractivity contribution in [1.29, 1.82) is 0 Å². The van der Waals surface area contributed by atoms with E-state index >= 15 is 0 Å². The van der Waals surface area contributed by atoms with E-state index in [0.717, 1.165) is 42.9 Å². The second kappa shape index (κ2) is 35.4. The number of hydrogen-bond acceptors (Lipinski definition) is 11. The molecule has 2 aromatic rings. The molecular formula is C58H91N7O11. The number of unbranched alkanes of at least 4 members (excludes halogenated alkanes) is 5. The Morgan fingerprint density at radius 2 is 1.26 bits per heavy atom. The summed E-state index contributed by atoms with van der Waals surface area (Å²) < 4.78 is 0. The molecule has 7 amide bonds. The Balaban J connectivity index is 0.000000645. The monoisotopic (exact) mass is 1060 g/mol. The predicted octanol–water partition coefficient (Wildman–Crippen LogP) is 5.31. The molecule has 3 aliphatic heterocycles. The average Bonchev–Trinajstić information content (AvgIpc) is 4.12. The zero-order chi connectivity index (χ0) is 56.0. The van der Waals surface area contributed by atoms with Crippen LogP contribution < -0.4 is 27.0 Å². The molecule has 0 bridgehead atoms. The van der Waals surface area contributed by atoms with E-state index in [2.05, 4.69) is 42.0 Å². The number of aromatic hydroxyl groups is 1. The standard InChI is InChI=1S/C41H54N6O9.C16H33NO.CH4O/c1-2-31-40(55)47-23-7-11-35(47)39(54)44-32(19-14-26-12-15-28(48)16-13-26)37(52)45-33(20-17-29(49)24-27-8-4-3-5-9-27)41(56)46-22-6-10-34(46)38(53)42-25-30(50)18-21-36(51)43-31;1-4-14(2)13-15(3)11-9-7-5-6-8-10-12-16(17)18;1-2/h3-5,8-9,12-13,15-16,30-35,48,50H,2,6-7,10-11,14,17-25H2,1H3,(H,42,53)(H,43,51)(H,44,54)(H,45,52);14-15H,4-13H2,1-3H3,(H2,17,18);2H,1H3/t30-,31+,32?,33+,34?,35+;;/m1../s1. The van der Waals surface area contributed by atoms with Crippen LogP contribution in [0, 0.1) is 11.8 Å². The van der Waals surface area contributed by atoms with Crippen molar-refractivity contribution in [2.75, 3.05) is 26.7 Å². The zero-order valence-corrected chi connectivity index (χ0v) is 46.1. The van der Waals surface area contributed by atoms with Crippen LogP contribution in [0.3, 0.4) is 0 Å². The van der Waals surface area contributed by atoms with Gasteiger partial charge in [0.2, 0.25) is 41.4 Å². The Kier molecular flexibility index (Phi) is 30.0. The minimum Gasteiger partial charge on any atom is -0.508 e. The molecular weight excluding hydrogens is 971 g/mol. The van der Waals surface area contributed by atoms with Crippen molar-refractivity contribution in [2.45, 2.75) is 205 Å². The van der Waals surface area contributed by atoms with Gasteiger partial charge in [-0.2, -0.15) is 0 Å². The van der Waals surface area contributed by atoms with Gasteiger partial charge < -0.3 is 52.1 Å². The topological polar surface area (TPSA) is 278 Å². The number of ketones is 1. The fourth-order valence-corrected chi connectivity index (χ4v) is 10.1. The summed E-state index contributed by atoms with van der Waals surface area (Å²) in [7, 11) is 1.00. The summed E-state index contributed by atoms with van der Waals surface area (Å²) >= 11 is 0. The van der Waals surface area contributed by atoms with Gasteiger partial charge in [-0.3, -0.25) is 38.4 Å². The smallest absolute Gasteiger partial charge is 0.245 e. The van der Waals surface area contributed by atoms with Crippen molar-refractivity contribution in [1.82, 2.24) is 31.1 Å². The lowest BCUT2D eigenvalue weighted by atomic mass is 9.91. The van der Waals surface area contributed by atoms with Crippen molar-refractivity contribution in [3.8, 4) is 5.75 Å². The number of aryl methyl sites for hydroxylation is 1. The molecule has 3 heterocycles. The van der Waals surface area contributed by atoms with E-state index in [1.54, 1.807) is 19.1 Å². The van der Waals surface area contributed by atoms with Crippen molar-refractivity contribution < 1.29 is 53.7 Å². The maximum absolute atomic E-state index is 14.3. The molecule has 3 saturated heterocycles. The summed E-state index contributed by atoms with van der Waals surface area (Å²) in [4.78, 5) is 109. The molecule has 424 valence electrons. The van der Waals surface area contributed by atoms with Gasteiger partial charge in [-0.15, -0.1) is 0 Å². The number of phenolic OH excluding ortho intramolecular Hbond substituents is 1. The highest BCUT2D eigenvalue weighted by molar-refractivity contribution is 5.97. The number of fused-ring (bicyclic) bond motifs is 2. The normalized spacial score (nSPS) is 22.6. The number of nitrogens with one attached hydrogen (secondary N) is 4. The highest BCUT2D eigenvalue weighted by Gasteiger charge is 2.41. The minimum atomic E-state index is -1.21. The number of amides is 7. The van der Waals surface area contributed by atoms with Gasteiger partial charge in [0.1, 0.15) is 41.7 Å². The molecule has 9 N–H and O–H groups in total. The molecule has 0 saturated carbocycles. The molecule has 76 heavy (non-hydrogen) atoms. The minimum absolute atomic E-state index is 0.00937. The molecule has 0 radical (unpaired) electrons. The molecule has 5 rings (SSSR count). The number of benzene rings is 2. The molecule has 18 nitrogen and oxygen atoms in total. The third kappa shape index (κ3) is 23.2. The van der Waals surface area contributed by atoms with E-state index in [4.69, 9.17) is 10.8 Å². The van der Waals surface area contributed by atoms with E-state index in [-0.39, 0.29) is 82.0 Å². The van der Waals surface area contributed by atoms with Crippen LogP contribution in [-0.4, -0.2) is 135 Å². The van der Waals surface area contributed by atoms with Crippen molar-refractivity contribution in [2.24, 2.45) is 17.6 Å². The van der Waals surface area contributed by atoms with Crippen LogP contribution in [0.1, 0.15) is 167 Å². The van der Waals surface area contributed by atoms with Gasteiger partial charge in [0.05, 0.1) is 6.10 Å². The lowest BCUT2D eigenvalue weighted by molar-refractivity contribution is -0.143. The maximum atomic E-state index is 14.3. The van der Waals surface area contributed by atoms with E-state index in [9.17, 15) is 48.6 Å². The summed E-state index contributed by atoms with van der Waals surface area (Å²) in [6, 6.07) is 10.5. The molecule has 4 unspecified atom stereocenters. The number of β-amino-alcohol motifs (C(OH)–C–C–N with tert-alkyl or cyclic N) is 1. The second-order valence-electron chi connectivity index (χ2n) is 20.9. The number of hydrogen-bond donors (Lipinski definition) is 8. The first-order valence-electron chi connectivity index (χ1n) is 28.0. The Morgan fingerprint density at radius 3 is 1.88 bits per heavy atom. The Bertz CT molecular complexity index is 2110. The first-order chi connectivity index (χ1) is 36.5. The summed E-state index contributed by atoms with van der Waals surface area (Å²) in [5.74, 6) is -1.64. The number of primary amides is 1. The van der Waals surface area contributed by atoms with E-state index in [1.165, 1.54) is 66.9 Å². The highest BCUT2D eigenvalue weighted by Crippen LogP contribution is 2.24. The molecule has 18 heteroatoms. The number of nitrogens with two attached hydrogens (primary N) is 1. The Hall–Kier alpha value is -5.88. The largest absolute Gasteiger partial charge is 0.508 e. The number of rotatable bonds is 21. The number of aliphatic hydroxyl groups excluding tert-OH is 2. The van der Waals surface area contributed by atoms with Gasteiger partial charge in [0, 0.05) is 52.4 Å². The summed E-state index contributed by atoms with van der Waals surface area (Å²) in [5, 5.41) is 38.5. The average molecular weight is 1060 g/mol. The lowest BCUT2D eigenvalue weighted by Gasteiger charge is -2.31. The van der Waals surface area contributed by atoms with Crippen molar-refractivity contribution in [3.05, 3.63) is 65.7 Å². The van der Waals surface area contributed by atoms with Crippen LogP contribution >= 0.6 is 0 Å². The summed E-state index contributed by atoms with van der Waals surface area (Å²) in [6.45, 7) is 9.10. The molecule has 8 atom stereocenters. The molecule has 2 aromatic carbocycles. The van der Waals surface area contributed by atoms with Crippen LogP contribution in [0.2, 0.25) is 0 Å². The fourth-order valence-electron chi connectivity index (χ4n) is 10.1. The Morgan fingerprint density at radius 1 is 0.671 bits per heavy atom. The third-order valence-corrected chi connectivity index (χ3v) is 14.7. The summed E-state index contributed by atoms with van der Waals surface area (Å²) in [6.07, 6.45) is 13.3. The first-order valence-corrected chi connectivity index (χ1v) is 28.0. The van der Waals surface area contributed by atoms with Crippen LogP contribution in [0.15, 0.2) is 54.6 Å². The lowest BCUT2D eigenvalue weighted by Crippen LogP contribution is -2.59. The molecule has 0 aliphatic carbocycles. The number of aliphatic hydroxyl groups is 2. The fraction of sp³-hybridized carbons (Fsp3) is 0.655. The van der Waals surface area contributed by atoms with E-state index < -0.39 is 71.8 Å².